The van der Waals surface area contributed by atoms with Gasteiger partial charge in [0.15, 0.2) is 5.13 Å². The molecule has 3 aromatic rings. The van der Waals surface area contributed by atoms with Crippen LogP contribution in [-0.4, -0.2) is 31.0 Å². The second-order valence-corrected chi connectivity index (χ2v) is 7.06. The van der Waals surface area contributed by atoms with Crippen LogP contribution in [0.1, 0.15) is 39.4 Å². The summed E-state index contributed by atoms with van der Waals surface area (Å²) in [6.45, 7) is 1.90. The van der Waals surface area contributed by atoms with Gasteiger partial charge in [-0.1, -0.05) is 30.3 Å². The van der Waals surface area contributed by atoms with Crippen LogP contribution in [0.2, 0.25) is 0 Å². The van der Waals surface area contributed by atoms with E-state index in [2.05, 4.69) is 15.6 Å². The molecule has 3 rings (SSSR count). The number of rotatable bonds is 7. The van der Waals surface area contributed by atoms with Crippen LogP contribution in [0, 0.1) is 0 Å². The summed E-state index contributed by atoms with van der Waals surface area (Å²) in [7, 11) is 3.03. The molecule has 0 saturated carbocycles. The van der Waals surface area contributed by atoms with E-state index < -0.39 is 0 Å². The van der Waals surface area contributed by atoms with Crippen LogP contribution < -0.4 is 20.1 Å². The van der Waals surface area contributed by atoms with Crippen molar-refractivity contribution in [2.45, 2.75) is 13.0 Å². The highest BCUT2D eigenvalue weighted by Crippen LogP contribution is 2.24. The lowest BCUT2D eigenvalue weighted by Gasteiger charge is -2.13. The Balaban J connectivity index is 1.67. The van der Waals surface area contributed by atoms with E-state index in [-0.39, 0.29) is 23.6 Å². The van der Waals surface area contributed by atoms with Gasteiger partial charge in [0.05, 0.1) is 20.3 Å². The molecule has 150 valence electrons. The zero-order valence-electron chi connectivity index (χ0n) is 16.3. The number of amides is 2. The maximum atomic E-state index is 12.5. The smallest absolute Gasteiger partial charge is 0.271 e. The molecule has 0 aliphatic rings. The Morgan fingerprint density at radius 3 is 2.28 bits per heavy atom. The van der Waals surface area contributed by atoms with Crippen LogP contribution in [0.25, 0.3) is 0 Å². The van der Waals surface area contributed by atoms with Crippen molar-refractivity contribution in [1.29, 1.82) is 0 Å². The summed E-state index contributed by atoms with van der Waals surface area (Å²) in [5.41, 5.74) is 1.60. The Morgan fingerprint density at radius 2 is 1.66 bits per heavy atom. The number of carbonyl (C=O) groups is 2. The lowest BCUT2D eigenvalue weighted by atomic mass is 10.1. The van der Waals surface area contributed by atoms with Crippen LogP contribution in [0.3, 0.4) is 0 Å². The van der Waals surface area contributed by atoms with E-state index in [1.807, 2.05) is 37.3 Å². The molecule has 1 unspecified atom stereocenters. The average molecular weight is 411 g/mol. The number of ether oxygens (including phenoxy) is 2. The molecular formula is C21H21N3O4S. The number of carbonyl (C=O) groups excluding carboxylic acids is 2. The Morgan fingerprint density at radius 1 is 1.00 bits per heavy atom. The largest absolute Gasteiger partial charge is 0.497 e. The summed E-state index contributed by atoms with van der Waals surface area (Å²) in [6.07, 6.45) is 0. The first-order valence-electron chi connectivity index (χ1n) is 8.86. The van der Waals surface area contributed by atoms with Gasteiger partial charge in [-0.2, -0.15) is 0 Å². The van der Waals surface area contributed by atoms with Crippen LogP contribution in [0.15, 0.2) is 53.9 Å². The van der Waals surface area contributed by atoms with Gasteiger partial charge in [-0.05, 0) is 24.6 Å². The Kier molecular flexibility index (Phi) is 6.46. The highest BCUT2D eigenvalue weighted by atomic mass is 32.1. The predicted octanol–water partition coefficient (Wildman–Crippen LogP) is 3.90. The fraction of sp³-hybridized carbons (Fsp3) is 0.190. The molecular weight excluding hydrogens is 390 g/mol. The van der Waals surface area contributed by atoms with Gasteiger partial charge in [0.2, 0.25) is 0 Å². The topological polar surface area (TPSA) is 89.6 Å². The van der Waals surface area contributed by atoms with E-state index in [4.69, 9.17) is 9.47 Å². The fourth-order valence-electron chi connectivity index (χ4n) is 2.64. The summed E-state index contributed by atoms with van der Waals surface area (Å²) in [5, 5.41) is 7.53. The third-order valence-corrected chi connectivity index (χ3v) is 4.98. The van der Waals surface area contributed by atoms with Crippen LogP contribution in [0.4, 0.5) is 5.13 Å². The summed E-state index contributed by atoms with van der Waals surface area (Å²) >= 11 is 1.18. The maximum absolute atomic E-state index is 12.5. The van der Waals surface area contributed by atoms with Gasteiger partial charge in [-0.25, -0.2) is 4.98 Å². The lowest BCUT2D eigenvalue weighted by molar-refractivity contribution is 0.0934. The van der Waals surface area contributed by atoms with Gasteiger partial charge in [0.25, 0.3) is 11.8 Å². The monoisotopic (exact) mass is 411 g/mol. The maximum Gasteiger partial charge on any atom is 0.271 e. The Bertz CT molecular complexity index is 982. The van der Waals surface area contributed by atoms with E-state index in [0.29, 0.717) is 22.2 Å². The van der Waals surface area contributed by atoms with Crippen molar-refractivity contribution in [3.05, 3.63) is 70.7 Å². The molecule has 0 aliphatic heterocycles. The summed E-state index contributed by atoms with van der Waals surface area (Å²) < 4.78 is 10.4. The SMILES string of the molecule is COc1cc(OC)cc(C(=O)Nc2nc(C(=O)NC(C)c3ccccc3)cs2)c1. The molecule has 0 aliphatic carbocycles. The average Bonchev–Trinajstić information content (AvgIpc) is 3.22. The molecule has 29 heavy (non-hydrogen) atoms. The van der Waals surface area contributed by atoms with Gasteiger partial charge in [-0.15, -0.1) is 11.3 Å². The van der Waals surface area contributed by atoms with Gasteiger partial charge in [0, 0.05) is 17.0 Å². The van der Waals surface area contributed by atoms with Gasteiger partial charge < -0.3 is 14.8 Å². The summed E-state index contributed by atoms with van der Waals surface area (Å²) in [5.74, 6) is 0.328. The number of anilines is 1. The van der Waals surface area contributed by atoms with Crippen LogP contribution in [-0.2, 0) is 0 Å². The minimum Gasteiger partial charge on any atom is -0.497 e. The number of hydrogen-bond acceptors (Lipinski definition) is 6. The molecule has 1 aromatic heterocycles. The van der Waals surface area contributed by atoms with Gasteiger partial charge >= 0.3 is 0 Å². The van der Waals surface area contributed by atoms with E-state index in [1.165, 1.54) is 25.6 Å². The van der Waals surface area contributed by atoms with Crippen molar-refractivity contribution >= 4 is 28.3 Å². The summed E-state index contributed by atoms with van der Waals surface area (Å²) in [6, 6.07) is 14.4. The number of benzene rings is 2. The van der Waals surface area contributed by atoms with Crippen molar-refractivity contribution in [3.63, 3.8) is 0 Å². The zero-order chi connectivity index (χ0) is 20.8. The Hall–Kier alpha value is -3.39. The lowest BCUT2D eigenvalue weighted by Crippen LogP contribution is -2.26. The van der Waals surface area contributed by atoms with E-state index in [0.717, 1.165) is 5.56 Å². The van der Waals surface area contributed by atoms with Crippen molar-refractivity contribution in [1.82, 2.24) is 10.3 Å². The molecule has 8 heteroatoms. The number of nitrogens with zero attached hydrogens (tertiary/aromatic N) is 1. The molecule has 0 bridgehead atoms. The van der Waals surface area contributed by atoms with E-state index in [1.54, 1.807) is 23.6 Å². The molecule has 2 amide bonds. The molecule has 0 fully saturated rings. The number of methoxy groups -OCH3 is 2. The number of aromatic nitrogens is 1. The van der Waals surface area contributed by atoms with E-state index in [9.17, 15) is 9.59 Å². The first-order valence-corrected chi connectivity index (χ1v) is 9.74. The Labute approximate surface area is 172 Å². The van der Waals surface area contributed by atoms with Crippen LogP contribution in [0.5, 0.6) is 11.5 Å². The summed E-state index contributed by atoms with van der Waals surface area (Å²) in [4.78, 5) is 29.2. The number of nitrogens with one attached hydrogen (secondary N) is 2. The quantitative estimate of drug-likeness (QED) is 0.615. The second-order valence-electron chi connectivity index (χ2n) is 6.20. The third kappa shape index (κ3) is 5.11. The van der Waals surface area contributed by atoms with Crippen molar-refractivity contribution in [2.24, 2.45) is 0 Å². The fourth-order valence-corrected chi connectivity index (χ4v) is 3.32. The zero-order valence-corrected chi connectivity index (χ0v) is 17.1. The molecule has 1 heterocycles. The molecule has 7 nitrogen and oxygen atoms in total. The highest BCUT2D eigenvalue weighted by Gasteiger charge is 2.16. The minimum absolute atomic E-state index is 0.160. The van der Waals surface area contributed by atoms with Gasteiger partial charge in [0.1, 0.15) is 17.2 Å². The van der Waals surface area contributed by atoms with Crippen molar-refractivity contribution in [3.8, 4) is 11.5 Å². The third-order valence-electron chi connectivity index (χ3n) is 4.22. The van der Waals surface area contributed by atoms with Crippen molar-refractivity contribution in [2.75, 3.05) is 19.5 Å². The second kappa shape index (κ2) is 9.20. The molecule has 2 aromatic carbocycles. The minimum atomic E-state index is -0.374. The predicted molar refractivity (Wildman–Crippen MR) is 112 cm³/mol. The molecule has 0 spiro atoms. The first kappa shape index (κ1) is 20.3. The number of hydrogen-bond donors (Lipinski definition) is 2. The number of thiazole rings is 1. The highest BCUT2D eigenvalue weighted by molar-refractivity contribution is 7.14. The molecule has 0 saturated heterocycles. The van der Waals surface area contributed by atoms with E-state index >= 15 is 0 Å². The van der Waals surface area contributed by atoms with Crippen molar-refractivity contribution < 1.29 is 19.1 Å². The molecule has 2 N–H and O–H groups in total. The standard InChI is InChI=1S/C21H21N3O4S/c1-13(14-7-5-4-6-8-14)22-20(26)18-12-29-21(23-18)24-19(25)15-9-16(27-2)11-17(10-15)28-3/h4-13H,1-3H3,(H,22,26)(H,23,24,25). The normalized spacial score (nSPS) is 11.4. The molecule has 1 atom stereocenters. The van der Waals surface area contributed by atoms with Gasteiger partial charge in [-0.3, -0.25) is 14.9 Å². The van der Waals surface area contributed by atoms with Crippen LogP contribution >= 0.6 is 11.3 Å². The molecule has 0 radical (unpaired) electrons. The first-order chi connectivity index (χ1) is 14.0.